The van der Waals surface area contributed by atoms with E-state index >= 15 is 0 Å². The van der Waals surface area contributed by atoms with Crippen LogP contribution in [0.25, 0.3) is 0 Å². The molecule has 1 atom stereocenters. The third kappa shape index (κ3) is 4.63. The fourth-order valence-corrected chi connectivity index (χ4v) is 2.18. The molecule has 21 heavy (non-hydrogen) atoms. The van der Waals surface area contributed by atoms with E-state index in [0.717, 1.165) is 16.9 Å². The number of carbonyl (C=O) groups excluding carboxylic acids is 1. The summed E-state index contributed by atoms with van der Waals surface area (Å²) in [7, 11) is 0. The van der Waals surface area contributed by atoms with Crippen molar-refractivity contribution in [2.75, 3.05) is 6.61 Å². The van der Waals surface area contributed by atoms with E-state index in [-0.39, 0.29) is 11.9 Å². The predicted octanol–water partition coefficient (Wildman–Crippen LogP) is 3.51. The summed E-state index contributed by atoms with van der Waals surface area (Å²) < 4.78 is 5.41. The molecule has 3 nitrogen and oxygen atoms in total. The van der Waals surface area contributed by atoms with E-state index in [0.29, 0.717) is 13.0 Å². The lowest BCUT2D eigenvalue weighted by atomic mass is 10.1. The van der Waals surface area contributed by atoms with Gasteiger partial charge in [-0.1, -0.05) is 42.5 Å². The summed E-state index contributed by atoms with van der Waals surface area (Å²) >= 11 is 0. The van der Waals surface area contributed by atoms with Crippen LogP contribution in [0.4, 0.5) is 0 Å². The summed E-state index contributed by atoms with van der Waals surface area (Å²) in [6.45, 7) is 4.60. The van der Waals surface area contributed by atoms with Crippen molar-refractivity contribution < 1.29 is 9.53 Å². The van der Waals surface area contributed by atoms with Crippen LogP contribution < -0.4 is 10.1 Å². The van der Waals surface area contributed by atoms with Gasteiger partial charge in [-0.05, 0) is 37.1 Å². The first kappa shape index (κ1) is 15.1. The van der Waals surface area contributed by atoms with Gasteiger partial charge in [0.15, 0.2) is 0 Å². The lowest BCUT2D eigenvalue weighted by molar-refractivity contribution is -0.121. The Balaban J connectivity index is 1.91. The Bertz CT molecular complexity index is 564. The third-order valence-corrected chi connectivity index (χ3v) is 3.28. The second-order valence-corrected chi connectivity index (χ2v) is 4.95. The maximum atomic E-state index is 12.0. The molecule has 0 saturated carbocycles. The Morgan fingerprint density at radius 2 is 1.76 bits per heavy atom. The van der Waals surface area contributed by atoms with Crippen molar-refractivity contribution in [3.8, 4) is 5.75 Å². The van der Waals surface area contributed by atoms with Crippen LogP contribution >= 0.6 is 0 Å². The molecule has 0 aliphatic rings. The zero-order valence-corrected chi connectivity index (χ0v) is 12.5. The highest BCUT2D eigenvalue weighted by Crippen LogP contribution is 2.17. The van der Waals surface area contributed by atoms with Gasteiger partial charge in [-0.15, -0.1) is 0 Å². The molecule has 0 radical (unpaired) electrons. The van der Waals surface area contributed by atoms with Crippen molar-refractivity contribution in [2.24, 2.45) is 0 Å². The smallest absolute Gasteiger partial charge is 0.224 e. The van der Waals surface area contributed by atoms with Gasteiger partial charge < -0.3 is 10.1 Å². The number of hydrogen-bond donors (Lipinski definition) is 1. The van der Waals surface area contributed by atoms with Gasteiger partial charge in [0.25, 0.3) is 0 Å². The Kier molecular flexibility index (Phi) is 5.38. The Labute approximate surface area is 126 Å². The molecule has 0 bridgehead atoms. The predicted molar refractivity (Wildman–Crippen MR) is 84.3 cm³/mol. The van der Waals surface area contributed by atoms with Gasteiger partial charge in [0, 0.05) is 0 Å². The van der Waals surface area contributed by atoms with Crippen LogP contribution in [0.3, 0.4) is 0 Å². The average molecular weight is 283 g/mol. The van der Waals surface area contributed by atoms with E-state index in [1.807, 2.05) is 68.4 Å². The molecule has 0 heterocycles. The minimum absolute atomic E-state index is 0.0168. The van der Waals surface area contributed by atoms with Gasteiger partial charge in [0.1, 0.15) is 5.75 Å². The number of ether oxygens (including phenoxy) is 1. The molecule has 0 aliphatic carbocycles. The normalized spacial score (nSPS) is 11.7. The van der Waals surface area contributed by atoms with Crippen LogP contribution in [0.2, 0.25) is 0 Å². The van der Waals surface area contributed by atoms with Crippen LogP contribution in [0.5, 0.6) is 5.75 Å². The lowest BCUT2D eigenvalue weighted by Crippen LogP contribution is -2.28. The zero-order chi connectivity index (χ0) is 15.1. The first-order valence-electron chi connectivity index (χ1n) is 7.25. The molecule has 2 aromatic rings. The fourth-order valence-electron chi connectivity index (χ4n) is 2.18. The number of hydrogen-bond acceptors (Lipinski definition) is 2. The highest BCUT2D eigenvalue weighted by molar-refractivity contribution is 5.79. The summed E-state index contributed by atoms with van der Waals surface area (Å²) in [6, 6.07) is 17.6. The van der Waals surface area contributed by atoms with Crippen molar-refractivity contribution in [1.29, 1.82) is 0 Å². The lowest BCUT2D eigenvalue weighted by Gasteiger charge is -2.15. The minimum atomic E-state index is -0.0168. The van der Waals surface area contributed by atoms with E-state index in [1.54, 1.807) is 0 Å². The number of rotatable bonds is 6. The molecule has 0 fully saturated rings. The molecule has 0 aromatic heterocycles. The highest BCUT2D eigenvalue weighted by atomic mass is 16.5. The third-order valence-electron chi connectivity index (χ3n) is 3.28. The van der Waals surface area contributed by atoms with Crippen LogP contribution in [-0.4, -0.2) is 12.5 Å². The van der Waals surface area contributed by atoms with Crippen molar-refractivity contribution in [2.45, 2.75) is 26.3 Å². The van der Waals surface area contributed by atoms with Crippen LogP contribution in [0, 0.1) is 0 Å². The maximum absolute atomic E-state index is 12.0. The summed E-state index contributed by atoms with van der Waals surface area (Å²) in [5, 5.41) is 3.02. The number of amides is 1. The maximum Gasteiger partial charge on any atom is 0.224 e. The standard InChI is InChI=1S/C18H21NO2/c1-3-21-17-11-9-16(10-12-17)14(2)19-18(20)13-15-7-5-4-6-8-15/h4-12,14H,3,13H2,1-2H3,(H,19,20). The van der Waals surface area contributed by atoms with E-state index < -0.39 is 0 Å². The topological polar surface area (TPSA) is 38.3 Å². The molecule has 1 N–H and O–H groups in total. The van der Waals surface area contributed by atoms with E-state index in [1.165, 1.54) is 0 Å². The summed E-state index contributed by atoms with van der Waals surface area (Å²) in [6.07, 6.45) is 0.405. The van der Waals surface area contributed by atoms with Gasteiger partial charge >= 0.3 is 0 Å². The molecule has 3 heteroatoms. The highest BCUT2D eigenvalue weighted by Gasteiger charge is 2.10. The summed E-state index contributed by atoms with van der Waals surface area (Å²) in [5.74, 6) is 0.881. The molecular formula is C18H21NO2. The van der Waals surface area contributed by atoms with E-state index in [2.05, 4.69) is 5.32 Å². The van der Waals surface area contributed by atoms with Crippen molar-refractivity contribution >= 4 is 5.91 Å². The number of benzene rings is 2. The quantitative estimate of drug-likeness (QED) is 0.881. The molecule has 1 amide bonds. The van der Waals surface area contributed by atoms with Gasteiger partial charge in [0.2, 0.25) is 5.91 Å². The Morgan fingerprint density at radius 1 is 1.10 bits per heavy atom. The second-order valence-electron chi connectivity index (χ2n) is 4.95. The minimum Gasteiger partial charge on any atom is -0.494 e. The van der Waals surface area contributed by atoms with Crippen LogP contribution in [0.1, 0.15) is 31.0 Å². The van der Waals surface area contributed by atoms with E-state index in [4.69, 9.17) is 4.74 Å². The van der Waals surface area contributed by atoms with Gasteiger partial charge in [-0.2, -0.15) is 0 Å². The Hall–Kier alpha value is -2.29. The average Bonchev–Trinajstić information content (AvgIpc) is 2.49. The second kappa shape index (κ2) is 7.48. The molecule has 2 aromatic carbocycles. The summed E-state index contributed by atoms with van der Waals surface area (Å²) in [4.78, 5) is 12.0. The van der Waals surface area contributed by atoms with Crippen molar-refractivity contribution in [3.63, 3.8) is 0 Å². The van der Waals surface area contributed by atoms with Crippen LogP contribution in [0.15, 0.2) is 54.6 Å². The largest absolute Gasteiger partial charge is 0.494 e. The fraction of sp³-hybridized carbons (Fsp3) is 0.278. The molecular weight excluding hydrogens is 262 g/mol. The first-order valence-corrected chi connectivity index (χ1v) is 7.25. The monoisotopic (exact) mass is 283 g/mol. The molecule has 2 rings (SSSR count). The number of carbonyl (C=O) groups is 1. The zero-order valence-electron chi connectivity index (χ0n) is 12.5. The van der Waals surface area contributed by atoms with Gasteiger partial charge in [0.05, 0.1) is 19.1 Å². The van der Waals surface area contributed by atoms with E-state index in [9.17, 15) is 4.79 Å². The van der Waals surface area contributed by atoms with Gasteiger partial charge in [-0.25, -0.2) is 0 Å². The molecule has 0 saturated heterocycles. The van der Waals surface area contributed by atoms with Crippen molar-refractivity contribution in [1.82, 2.24) is 5.32 Å². The van der Waals surface area contributed by atoms with Crippen molar-refractivity contribution in [3.05, 3.63) is 65.7 Å². The summed E-state index contributed by atoms with van der Waals surface area (Å²) in [5.41, 5.74) is 2.09. The SMILES string of the molecule is CCOc1ccc(C(C)NC(=O)Cc2ccccc2)cc1. The van der Waals surface area contributed by atoms with Gasteiger partial charge in [-0.3, -0.25) is 4.79 Å². The number of nitrogens with one attached hydrogen (secondary N) is 1. The molecule has 0 aliphatic heterocycles. The molecule has 0 spiro atoms. The molecule has 110 valence electrons. The van der Waals surface area contributed by atoms with Crippen LogP contribution in [-0.2, 0) is 11.2 Å². The molecule has 1 unspecified atom stereocenters. The Morgan fingerprint density at radius 3 is 2.38 bits per heavy atom. The first-order chi connectivity index (χ1) is 10.2.